The standard InChI is InChI=1S/C30H26ClFN8/c1-2-25(18-6-4-3-5-7-18)37-28-20(14-33)16-35-30-23(28)12-21(13-24(30)31)36-29(19-8-11-27(32)34-15-19)26-17-40(39-38-26)22-9-10-22/h3-8,11-13,15-17,22,25,29,36H,2,9-10H2,1H3,(H,35,37)/t25-,29+/m1/s1/i29D. The van der Waals surface area contributed by atoms with Gasteiger partial charge in [0.05, 0.1) is 47.5 Å². The van der Waals surface area contributed by atoms with Crippen LogP contribution in [0.2, 0.25) is 5.02 Å². The van der Waals surface area contributed by atoms with E-state index in [0.717, 1.165) is 24.8 Å². The molecule has 200 valence electrons. The molecule has 1 aliphatic rings. The molecule has 6 rings (SSSR count). The van der Waals surface area contributed by atoms with Gasteiger partial charge in [0.2, 0.25) is 5.95 Å². The molecule has 2 aromatic carbocycles. The van der Waals surface area contributed by atoms with Gasteiger partial charge in [-0.15, -0.1) is 5.10 Å². The number of nitriles is 1. The summed E-state index contributed by atoms with van der Waals surface area (Å²) in [4.78, 5) is 8.24. The molecule has 10 heteroatoms. The first-order valence-corrected chi connectivity index (χ1v) is 13.4. The van der Waals surface area contributed by atoms with Gasteiger partial charge >= 0.3 is 0 Å². The number of nitrogens with zero attached hydrogens (tertiary/aromatic N) is 6. The SMILES string of the molecule is [2H][C@](Nc1cc(Cl)c2ncc(C#N)c(N[C@H](CC)c3ccccc3)c2c1)(c1ccc(F)nc1)c1cn(C2CC2)nn1. The lowest BCUT2D eigenvalue weighted by Gasteiger charge is -2.22. The van der Waals surface area contributed by atoms with Gasteiger partial charge in [0.25, 0.3) is 0 Å². The van der Waals surface area contributed by atoms with Crippen molar-refractivity contribution in [1.82, 2.24) is 25.0 Å². The van der Waals surface area contributed by atoms with Crippen molar-refractivity contribution in [3.8, 4) is 6.07 Å². The number of rotatable bonds is 9. The van der Waals surface area contributed by atoms with Crippen LogP contribution in [0.15, 0.2) is 73.2 Å². The van der Waals surface area contributed by atoms with Crippen LogP contribution in [0.25, 0.3) is 10.9 Å². The minimum atomic E-state index is -1.67. The third-order valence-electron chi connectivity index (χ3n) is 6.95. The van der Waals surface area contributed by atoms with Gasteiger partial charge in [-0.1, -0.05) is 60.1 Å². The van der Waals surface area contributed by atoms with E-state index >= 15 is 0 Å². The molecule has 2 N–H and O–H groups in total. The maximum Gasteiger partial charge on any atom is 0.212 e. The molecule has 0 bridgehead atoms. The van der Waals surface area contributed by atoms with Crippen molar-refractivity contribution in [2.45, 2.75) is 44.3 Å². The minimum absolute atomic E-state index is 0.0673. The van der Waals surface area contributed by atoms with Crippen molar-refractivity contribution in [1.29, 1.82) is 5.26 Å². The Morgan fingerprint density at radius 3 is 2.65 bits per heavy atom. The molecule has 3 heterocycles. The molecule has 0 aliphatic heterocycles. The number of aromatic nitrogens is 5. The summed E-state index contributed by atoms with van der Waals surface area (Å²) in [5.74, 6) is -0.652. The average molecular weight is 554 g/mol. The molecule has 8 nitrogen and oxygen atoms in total. The first kappa shape index (κ1) is 24.5. The van der Waals surface area contributed by atoms with E-state index in [9.17, 15) is 11.0 Å². The van der Waals surface area contributed by atoms with Crippen LogP contribution in [0.4, 0.5) is 15.8 Å². The van der Waals surface area contributed by atoms with E-state index < -0.39 is 12.0 Å². The normalized spacial score (nSPS) is 15.6. The maximum absolute atomic E-state index is 13.7. The summed E-state index contributed by atoms with van der Waals surface area (Å²) in [5, 5.41) is 26.2. The van der Waals surface area contributed by atoms with Gasteiger partial charge < -0.3 is 10.6 Å². The number of halogens is 2. The van der Waals surface area contributed by atoms with Crippen LogP contribution in [-0.2, 0) is 0 Å². The molecule has 1 fully saturated rings. The first-order chi connectivity index (χ1) is 19.9. The molecule has 0 radical (unpaired) electrons. The van der Waals surface area contributed by atoms with Gasteiger partial charge in [-0.2, -0.15) is 9.65 Å². The summed E-state index contributed by atoms with van der Waals surface area (Å²) < 4.78 is 25.0. The number of fused-ring (bicyclic) bond motifs is 1. The van der Waals surface area contributed by atoms with Crippen LogP contribution >= 0.6 is 11.6 Å². The molecule has 0 unspecified atom stereocenters. The van der Waals surface area contributed by atoms with E-state index in [1.54, 1.807) is 23.0 Å². The fourth-order valence-corrected chi connectivity index (χ4v) is 4.98. The molecule has 0 saturated heterocycles. The highest BCUT2D eigenvalue weighted by atomic mass is 35.5. The first-order valence-electron chi connectivity index (χ1n) is 13.6. The summed E-state index contributed by atoms with van der Waals surface area (Å²) in [6.45, 7) is 2.07. The highest BCUT2D eigenvalue weighted by molar-refractivity contribution is 6.35. The Labute approximate surface area is 237 Å². The summed E-state index contributed by atoms with van der Waals surface area (Å²) in [6, 6.07) is 16.9. The number of benzene rings is 2. The maximum atomic E-state index is 13.7. The molecular weight excluding hydrogens is 527 g/mol. The molecule has 1 saturated carbocycles. The van der Waals surface area contributed by atoms with Gasteiger partial charge in [-0.25, -0.2) is 9.67 Å². The van der Waals surface area contributed by atoms with Gasteiger partial charge in [0.1, 0.15) is 11.8 Å². The zero-order valence-corrected chi connectivity index (χ0v) is 22.4. The van der Waals surface area contributed by atoms with Crippen molar-refractivity contribution in [3.63, 3.8) is 0 Å². The second-order valence-electron chi connectivity index (χ2n) is 9.71. The molecule has 5 aromatic rings. The summed E-state index contributed by atoms with van der Waals surface area (Å²) in [7, 11) is 0. The average Bonchev–Trinajstić information content (AvgIpc) is 3.72. The lowest BCUT2D eigenvalue weighted by molar-refractivity contribution is 0.581. The van der Waals surface area contributed by atoms with Gasteiger partial charge in [0, 0.05) is 23.5 Å². The lowest BCUT2D eigenvalue weighted by atomic mass is 10.0. The third-order valence-corrected chi connectivity index (χ3v) is 7.23. The van der Waals surface area contributed by atoms with Crippen LogP contribution in [0.3, 0.4) is 0 Å². The van der Waals surface area contributed by atoms with E-state index in [0.29, 0.717) is 44.1 Å². The van der Waals surface area contributed by atoms with Crippen molar-refractivity contribution in [3.05, 3.63) is 107 Å². The van der Waals surface area contributed by atoms with Gasteiger partial charge in [-0.3, -0.25) is 4.98 Å². The number of pyridine rings is 2. The zero-order chi connectivity index (χ0) is 28.6. The summed E-state index contributed by atoms with van der Waals surface area (Å²) in [6.07, 6.45) is 7.33. The number of anilines is 2. The van der Waals surface area contributed by atoms with Crippen molar-refractivity contribution in [2.75, 3.05) is 10.6 Å². The predicted molar refractivity (Wildman–Crippen MR) is 153 cm³/mol. The smallest absolute Gasteiger partial charge is 0.212 e. The van der Waals surface area contributed by atoms with Gasteiger partial charge in [-0.05, 0) is 48.6 Å². The van der Waals surface area contributed by atoms with Crippen LogP contribution in [-0.4, -0.2) is 25.0 Å². The van der Waals surface area contributed by atoms with Crippen LogP contribution < -0.4 is 10.6 Å². The molecular formula is C30H26ClFN8. The minimum Gasteiger partial charge on any atom is -0.377 e. The Kier molecular flexibility index (Phi) is 6.68. The Balaban J connectivity index is 1.46. The van der Waals surface area contributed by atoms with E-state index in [1.165, 1.54) is 24.5 Å². The van der Waals surface area contributed by atoms with E-state index in [1.807, 2.05) is 30.3 Å². The van der Waals surface area contributed by atoms with Crippen LogP contribution in [0.1, 0.15) is 68.0 Å². The summed E-state index contributed by atoms with van der Waals surface area (Å²) >= 11 is 6.74. The van der Waals surface area contributed by atoms with Crippen molar-refractivity contribution in [2.24, 2.45) is 0 Å². The largest absolute Gasteiger partial charge is 0.377 e. The molecule has 0 spiro atoms. The highest BCUT2D eigenvalue weighted by Crippen LogP contribution is 2.38. The molecule has 1 aliphatic carbocycles. The third kappa shape index (κ3) is 5.18. The topological polar surface area (TPSA) is 104 Å². The quantitative estimate of drug-likeness (QED) is 0.190. The number of hydrogen-bond donors (Lipinski definition) is 2. The van der Waals surface area contributed by atoms with E-state index in [2.05, 4.69) is 43.9 Å². The second kappa shape index (κ2) is 10.9. The van der Waals surface area contributed by atoms with E-state index in [4.69, 9.17) is 11.6 Å². The fraction of sp³-hybridized carbons (Fsp3) is 0.233. The predicted octanol–water partition coefficient (Wildman–Crippen LogP) is 6.99. The second-order valence-corrected chi connectivity index (χ2v) is 10.1. The molecule has 40 heavy (non-hydrogen) atoms. The Morgan fingerprint density at radius 1 is 1.12 bits per heavy atom. The van der Waals surface area contributed by atoms with Gasteiger partial charge in [0.15, 0.2) is 0 Å². The van der Waals surface area contributed by atoms with Crippen LogP contribution in [0, 0.1) is 17.3 Å². The highest BCUT2D eigenvalue weighted by Gasteiger charge is 2.27. The fourth-order valence-electron chi connectivity index (χ4n) is 4.71. The Morgan fingerprint density at radius 2 is 1.95 bits per heavy atom. The Bertz CT molecular complexity index is 1750. The van der Waals surface area contributed by atoms with Crippen molar-refractivity contribution >= 4 is 33.9 Å². The van der Waals surface area contributed by atoms with E-state index in [-0.39, 0.29) is 12.1 Å². The molecule has 2 atom stereocenters. The Hall–Kier alpha value is -4.55. The lowest BCUT2D eigenvalue weighted by Crippen LogP contribution is -2.14. The zero-order valence-electron chi connectivity index (χ0n) is 22.6. The summed E-state index contributed by atoms with van der Waals surface area (Å²) in [5.41, 5.74) is 3.74. The van der Waals surface area contributed by atoms with Crippen molar-refractivity contribution < 1.29 is 5.76 Å². The molecule has 0 amide bonds. The van der Waals surface area contributed by atoms with Crippen LogP contribution in [0.5, 0.6) is 0 Å². The molecule has 3 aromatic heterocycles. The monoisotopic (exact) mass is 553 g/mol. The number of nitrogens with one attached hydrogen (secondary N) is 2. The number of hydrogen-bond acceptors (Lipinski definition) is 7.